The first-order chi connectivity index (χ1) is 16.3. The van der Waals surface area contributed by atoms with Crippen LogP contribution in [0.15, 0.2) is 73.4 Å². The number of aryl methyl sites for hydroxylation is 2. The van der Waals surface area contributed by atoms with E-state index in [9.17, 15) is 4.79 Å². The van der Waals surface area contributed by atoms with Crippen molar-refractivity contribution in [1.82, 2.24) is 5.32 Å². The lowest BCUT2D eigenvalue weighted by Gasteiger charge is -2.12. The van der Waals surface area contributed by atoms with Crippen molar-refractivity contribution in [2.24, 2.45) is 4.99 Å². The molecule has 3 aromatic rings. The van der Waals surface area contributed by atoms with E-state index in [0.29, 0.717) is 28.2 Å². The van der Waals surface area contributed by atoms with Gasteiger partial charge in [0.05, 0.1) is 17.7 Å². The normalized spacial score (nSPS) is 15.6. The molecule has 0 spiro atoms. The van der Waals surface area contributed by atoms with E-state index in [4.69, 9.17) is 9.47 Å². The lowest BCUT2D eigenvalue weighted by atomic mass is 10.1. The Morgan fingerprint density at radius 1 is 1.00 bits per heavy atom. The van der Waals surface area contributed by atoms with Crippen molar-refractivity contribution >= 4 is 66.5 Å². The number of thioether (sulfide) groups is 1. The summed E-state index contributed by atoms with van der Waals surface area (Å²) < 4.78 is 13.5. The molecule has 3 aromatic carbocycles. The third kappa shape index (κ3) is 5.92. The third-order valence-corrected chi connectivity index (χ3v) is 7.40. The minimum absolute atomic E-state index is 0.174. The number of rotatable bonds is 6. The van der Waals surface area contributed by atoms with Gasteiger partial charge < -0.3 is 14.8 Å². The van der Waals surface area contributed by atoms with Crippen LogP contribution >= 0.6 is 43.6 Å². The second-order valence-electron chi connectivity index (χ2n) is 7.68. The molecule has 0 atom stereocenters. The molecule has 1 saturated heterocycles. The van der Waals surface area contributed by atoms with Crippen molar-refractivity contribution in [2.45, 2.75) is 20.5 Å². The minimum atomic E-state index is -0.174. The van der Waals surface area contributed by atoms with Crippen molar-refractivity contribution in [3.05, 3.63) is 90.7 Å². The molecule has 1 fully saturated rings. The Hall–Kier alpha value is -2.55. The number of amidine groups is 1. The van der Waals surface area contributed by atoms with Crippen molar-refractivity contribution in [3.8, 4) is 11.5 Å². The minimum Gasteiger partial charge on any atom is -0.493 e. The Labute approximate surface area is 219 Å². The summed E-state index contributed by atoms with van der Waals surface area (Å²) in [5.41, 5.74) is 5.03. The van der Waals surface area contributed by atoms with Gasteiger partial charge in [-0.3, -0.25) is 4.79 Å². The average molecular weight is 602 g/mol. The Balaban J connectivity index is 1.49. The van der Waals surface area contributed by atoms with E-state index in [-0.39, 0.29) is 5.91 Å². The van der Waals surface area contributed by atoms with Gasteiger partial charge in [-0.05, 0) is 84.8 Å². The SMILES string of the molecule is COc1cc(/C=C2\SC(=Nc3ccc(C)c(C)c3)NC2=O)ccc1OCc1ccc(Br)cc1Br. The van der Waals surface area contributed by atoms with Crippen molar-refractivity contribution in [2.75, 3.05) is 7.11 Å². The lowest BCUT2D eigenvalue weighted by Crippen LogP contribution is -2.19. The van der Waals surface area contributed by atoms with Crippen LogP contribution < -0.4 is 14.8 Å². The number of carbonyl (C=O) groups excluding carboxylic acids is 1. The van der Waals surface area contributed by atoms with Crippen LogP contribution in [0.3, 0.4) is 0 Å². The van der Waals surface area contributed by atoms with E-state index in [1.54, 1.807) is 7.11 Å². The van der Waals surface area contributed by atoms with Gasteiger partial charge >= 0.3 is 0 Å². The number of ether oxygens (including phenoxy) is 2. The summed E-state index contributed by atoms with van der Waals surface area (Å²) in [5.74, 6) is 1.04. The Kier molecular flexibility index (Phi) is 7.80. The van der Waals surface area contributed by atoms with Crippen LogP contribution in [-0.4, -0.2) is 18.2 Å². The van der Waals surface area contributed by atoms with Gasteiger partial charge in [-0.15, -0.1) is 0 Å². The molecule has 1 N–H and O–H groups in total. The molecule has 0 aliphatic carbocycles. The van der Waals surface area contributed by atoms with E-state index in [0.717, 1.165) is 31.3 Å². The molecule has 8 heteroatoms. The van der Waals surface area contributed by atoms with Crippen LogP contribution in [0.2, 0.25) is 0 Å². The van der Waals surface area contributed by atoms with Crippen LogP contribution in [0.4, 0.5) is 5.69 Å². The molecule has 1 amide bonds. The molecule has 34 heavy (non-hydrogen) atoms. The number of carbonyl (C=O) groups is 1. The van der Waals surface area contributed by atoms with Crippen molar-refractivity contribution < 1.29 is 14.3 Å². The zero-order valence-corrected chi connectivity index (χ0v) is 22.8. The molecule has 0 bridgehead atoms. The molecule has 5 nitrogen and oxygen atoms in total. The quantitative estimate of drug-likeness (QED) is 0.301. The highest BCUT2D eigenvalue weighted by Crippen LogP contribution is 2.33. The van der Waals surface area contributed by atoms with Gasteiger partial charge in [0.1, 0.15) is 6.61 Å². The molecule has 0 unspecified atom stereocenters. The zero-order chi connectivity index (χ0) is 24.2. The molecule has 0 saturated carbocycles. The van der Waals surface area contributed by atoms with E-state index in [1.807, 2.05) is 67.6 Å². The number of benzene rings is 3. The number of aliphatic imine (C=N–C) groups is 1. The standard InChI is InChI=1S/C26H22Br2N2O3S/c1-15-4-8-20(10-16(15)2)29-26-30-25(31)24(34-26)12-17-5-9-22(23(11-17)32-3)33-14-18-6-7-19(27)13-21(18)28/h4-13H,14H2,1-3H3,(H,29,30,31)/b24-12-. The number of methoxy groups -OCH3 is 1. The number of amides is 1. The van der Waals surface area contributed by atoms with Gasteiger partial charge in [0.2, 0.25) is 0 Å². The Morgan fingerprint density at radius 2 is 1.82 bits per heavy atom. The predicted molar refractivity (Wildman–Crippen MR) is 146 cm³/mol. The predicted octanol–water partition coefficient (Wildman–Crippen LogP) is 7.31. The summed E-state index contributed by atoms with van der Waals surface area (Å²) in [7, 11) is 1.60. The molecule has 0 aromatic heterocycles. The molecule has 174 valence electrons. The smallest absolute Gasteiger partial charge is 0.264 e. The van der Waals surface area contributed by atoms with E-state index < -0.39 is 0 Å². The highest BCUT2D eigenvalue weighted by atomic mass is 79.9. The monoisotopic (exact) mass is 600 g/mol. The number of nitrogens with zero attached hydrogens (tertiary/aromatic N) is 1. The van der Waals surface area contributed by atoms with Crippen molar-refractivity contribution in [1.29, 1.82) is 0 Å². The fourth-order valence-corrected chi connectivity index (χ4v) is 5.24. The second-order valence-corrected chi connectivity index (χ2v) is 10.5. The number of hydrogen-bond acceptors (Lipinski definition) is 5. The summed E-state index contributed by atoms with van der Waals surface area (Å²) in [5, 5.41) is 3.40. The number of nitrogens with one attached hydrogen (secondary N) is 1. The summed E-state index contributed by atoms with van der Waals surface area (Å²) in [4.78, 5) is 17.6. The molecule has 0 radical (unpaired) electrons. The lowest BCUT2D eigenvalue weighted by molar-refractivity contribution is -0.115. The summed E-state index contributed by atoms with van der Waals surface area (Å²) in [6.07, 6.45) is 1.82. The van der Waals surface area contributed by atoms with Gasteiger partial charge in [-0.25, -0.2) is 4.99 Å². The highest BCUT2D eigenvalue weighted by molar-refractivity contribution is 9.11. The fourth-order valence-electron chi connectivity index (χ4n) is 3.23. The van der Waals surface area contributed by atoms with Gasteiger partial charge in [-0.1, -0.05) is 50.1 Å². The van der Waals surface area contributed by atoms with Crippen LogP contribution in [0.5, 0.6) is 11.5 Å². The maximum absolute atomic E-state index is 12.5. The topological polar surface area (TPSA) is 59.9 Å². The first-order valence-electron chi connectivity index (χ1n) is 10.4. The molecule has 1 heterocycles. The van der Waals surface area contributed by atoms with Gasteiger partial charge in [0.25, 0.3) is 5.91 Å². The molecule has 1 aliphatic rings. The molecular weight excluding hydrogens is 580 g/mol. The van der Waals surface area contributed by atoms with E-state index >= 15 is 0 Å². The second kappa shape index (κ2) is 10.8. The average Bonchev–Trinajstić information content (AvgIpc) is 3.14. The van der Waals surface area contributed by atoms with E-state index in [1.165, 1.54) is 17.3 Å². The maximum atomic E-state index is 12.5. The first kappa shape index (κ1) is 24.6. The van der Waals surface area contributed by atoms with Crippen LogP contribution in [0, 0.1) is 13.8 Å². The van der Waals surface area contributed by atoms with Crippen molar-refractivity contribution in [3.63, 3.8) is 0 Å². The summed E-state index contributed by atoms with van der Waals surface area (Å²) in [6.45, 7) is 4.49. The summed E-state index contributed by atoms with van der Waals surface area (Å²) in [6, 6.07) is 17.5. The Morgan fingerprint density at radius 3 is 2.56 bits per heavy atom. The molecule has 4 rings (SSSR count). The number of halogens is 2. The first-order valence-corrected chi connectivity index (χ1v) is 12.8. The van der Waals surface area contributed by atoms with Crippen LogP contribution in [-0.2, 0) is 11.4 Å². The molecular formula is C26H22Br2N2O3S. The maximum Gasteiger partial charge on any atom is 0.264 e. The van der Waals surface area contributed by atoms with Crippen LogP contribution in [0.1, 0.15) is 22.3 Å². The van der Waals surface area contributed by atoms with Gasteiger partial charge in [0.15, 0.2) is 16.7 Å². The number of hydrogen-bond donors (Lipinski definition) is 1. The van der Waals surface area contributed by atoms with Gasteiger partial charge in [0, 0.05) is 14.5 Å². The fraction of sp³-hybridized carbons (Fsp3) is 0.154. The third-order valence-electron chi connectivity index (χ3n) is 5.26. The Bertz CT molecular complexity index is 1320. The highest BCUT2D eigenvalue weighted by Gasteiger charge is 2.24. The van der Waals surface area contributed by atoms with Crippen LogP contribution in [0.25, 0.3) is 6.08 Å². The van der Waals surface area contributed by atoms with Gasteiger partial charge in [-0.2, -0.15) is 0 Å². The largest absolute Gasteiger partial charge is 0.493 e. The zero-order valence-electron chi connectivity index (χ0n) is 18.8. The molecule has 1 aliphatic heterocycles. The van der Waals surface area contributed by atoms with E-state index in [2.05, 4.69) is 49.1 Å². The summed E-state index contributed by atoms with van der Waals surface area (Å²) >= 11 is 8.33.